The van der Waals surface area contributed by atoms with Crippen molar-refractivity contribution >= 4 is 5.91 Å². The second-order valence-electron chi connectivity index (χ2n) is 5.70. The summed E-state index contributed by atoms with van der Waals surface area (Å²) in [7, 11) is 0. The van der Waals surface area contributed by atoms with Gasteiger partial charge in [-0.3, -0.25) is 4.79 Å². The van der Waals surface area contributed by atoms with Crippen LogP contribution in [0.25, 0.3) is 0 Å². The molecule has 3 nitrogen and oxygen atoms in total. The number of carbonyl (C=O) groups excluding carboxylic acids is 1. The van der Waals surface area contributed by atoms with Crippen LogP contribution in [0, 0.1) is 5.92 Å². The molecule has 0 aromatic heterocycles. The lowest BCUT2D eigenvalue weighted by molar-refractivity contribution is -0.124. The molecule has 1 amide bonds. The highest BCUT2D eigenvalue weighted by molar-refractivity contribution is 5.82. The molecule has 0 spiro atoms. The Balaban J connectivity index is 1.69. The summed E-state index contributed by atoms with van der Waals surface area (Å²) in [4.78, 5) is 12.1. The van der Waals surface area contributed by atoms with Crippen LogP contribution >= 0.6 is 0 Å². The molecular formula is C15H26N2O. The maximum absolute atomic E-state index is 12.1. The number of amides is 1. The average Bonchev–Trinajstić information content (AvgIpc) is 2.40. The van der Waals surface area contributed by atoms with E-state index >= 15 is 0 Å². The Hall–Kier alpha value is -0.830. The molecule has 2 atom stereocenters. The molecule has 1 saturated heterocycles. The molecule has 1 fully saturated rings. The molecule has 3 heteroatoms. The van der Waals surface area contributed by atoms with Gasteiger partial charge in [-0.05, 0) is 57.4 Å². The summed E-state index contributed by atoms with van der Waals surface area (Å²) in [5.74, 6) is 0.659. The molecule has 0 bridgehead atoms. The standard InChI is InChI=1S/C15H26N2O/c1-12-6-5-10-16-14(12)15(18)17-11-9-13-7-3-2-4-8-13/h7,12,14,16H,2-6,8-11H2,1H3,(H,17,18). The lowest BCUT2D eigenvalue weighted by Gasteiger charge is -2.29. The van der Waals surface area contributed by atoms with Crippen LogP contribution in [0.15, 0.2) is 11.6 Å². The van der Waals surface area contributed by atoms with Crippen molar-refractivity contribution in [1.29, 1.82) is 0 Å². The Labute approximate surface area is 110 Å². The van der Waals surface area contributed by atoms with Crippen LogP contribution in [0.2, 0.25) is 0 Å². The quantitative estimate of drug-likeness (QED) is 0.752. The van der Waals surface area contributed by atoms with E-state index in [1.54, 1.807) is 0 Å². The first kappa shape index (κ1) is 13.6. The van der Waals surface area contributed by atoms with E-state index in [1.807, 2.05) is 0 Å². The summed E-state index contributed by atoms with van der Waals surface area (Å²) in [6, 6.07) is 0.0269. The van der Waals surface area contributed by atoms with Crippen molar-refractivity contribution in [2.75, 3.05) is 13.1 Å². The van der Waals surface area contributed by atoms with Crippen LogP contribution in [0.1, 0.15) is 51.9 Å². The van der Waals surface area contributed by atoms with E-state index in [0.717, 1.165) is 25.9 Å². The van der Waals surface area contributed by atoms with E-state index in [9.17, 15) is 4.79 Å². The third-order valence-corrected chi connectivity index (χ3v) is 4.18. The predicted molar refractivity (Wildman–Crippen MR) is 74.4 cm³/mol. The van der Waals surface area contributed by atoms with Gasteiger partial charge in [0.05, 0.1) is 6.04 Å². The van der Waals surface area contributed by atoms with Gasteiger partial charge in [-0.15, -0.1) is 0 Å². The van der Waals surface area contributed by atoms with Crippen molar-refractivity contribution in [1.82, 2.24) is 10.6 Å². The fourth-order valence-electron chi connectivity index (χ4n) is 2.99. The molecule has 0 aromatic carbocycles. The smallest absolute Gasteiger partial charge is 0.237 e. The highest BCUT2D eigenvalue weighted by Crippen LogP contribution is 2.19. The number of rotatable bonds is 4. The van der Waals surface area contributed by atoms with Crippen molar-refractivity contribution in [3.8, 4) is 0 Å². The van der Waals surface area contributed by atoms with Gasteiger partial charge in [0, 0.05) is 6.54 Å². The van der Waals surface area contributed by atoms with Gasteiger partial charge in [0.2, 0.25) is 5.91 Å². The minimum absolute atomic E-state index is 0.0269. The fourth-order valence-corrected chi connectivity index (χ4v) is 2.99. The van der Waals surface area contributed by atoms with Gasteiger partial charge in [-0.1, -0.05) is 18.6 Å². The van der Waals surface area contributed by atoms with Crippen LogP contribution in [0.4, 0.5) is 0 Å². The first-order chi connectivity index (χ1) is 8.77. The summed E-state index contributed by atoms with van der Waals surface area (Å²) in [6.45, 7) is 3.95. The minimum atomic E-state index is 0.0269. The second kappa shape index (κ2) is 6.93. The first-order valence-corrected chi connectivity index (χ1v) is 7.46. The average molecular weight is 250 g/mol. The molecule has 18 heavy (non-hydrogen) atoms. The largest absolute Gasteiger partial charge is 0.354 e. The van der Waals surface area contributed by atoms with Gasteiger partial charge in [-0.2, -0.15) is 0 Å². The molecule has 2 aliphatic rings. The molecular weight excluding hydrogens is 224 g/mol. The number of carbonyl (C=O) groups is 1. The molecule has 0 saturated carbocycles. The predicted octanol–water partition coefficient (Wildman–Crippen LogP) is 2.38. The molecule has 1 aliphatic heterocycles. The molecule has 1 heterocycles. The van der Waals surface area contributed by atoms with Gasteiger partial charge >= 0.3 is 0 Å². The Bertz CT molecular complexity index is 312. The summed E-state index contributed by atoms with van der Waals surface area (Å²) in [5, 5.41) is 6.42. The van der Waals surface area contributed by atoms with Gasteiger partial charge < -0.3 is 10.6 Å². The van der Waals surface area contributed by atoms with Crippen LogP contribution in [-0.2, 0) is 4.79 Å². The van der Waals surface area contributed by atoms with Crippen molar-refractivity contribution in [3.05, 3.63) is 11.6 Å². The lowest BCUT2D eigenvalue weighted by Crippen LogP contribution is -2.51. The fraction of sp³-hybridized carbons (Fsp3) is 0.800. The van der Waals surface area contributed by atoms with Crippen molar-refractivity contribution < 1.29 is 4.79 Å². The van der Waals surface area contributed by atoms with E-state index < -0.39 is 0 Å². The van der Waals surface area contributed by atoms with E-state index in [2.05, 4.69) is 23.6 Å². The van der Waals surface area contributed by atoms with E-state index in [4.69, 9.17) is 0 Å². The van der Waals surface area contributed by atoms with Crippen LogP contribution in [0.3, 0.4) is 0 Å². The van der Waals surface area contributed by atoms with Crippen LogP contribution in [-0.4, -0.2) is 25.0 Å². The molecule has 2 rings (SSSR count). The Morgan fingerprint density at radius 1 is 1.44 bits per heavy atom. The number of piperidine rings is 1. The zero-order valence-corrected chi connectivity index (χ0v) is 11.5. The topological polar surface area (TPSA) is 41.1 Å². The highest BCUT2D eigenvalue weighted by Gasteiger charge is 2.26. The van der Waals surface area contributed by atoms with Crippen molar-refractivity contribution in [2.24, 2.45) is 5.92 Å². The number of allylic oxidation sites excluding steroid dienone is 1. The number of hydrogen-bond acceptors (Lipinski definition) is 2. The third-order valence-electron chi connectivity index (χ3n) is 4.18. The molecule has 2 N–H and O–H groups in total. The van der Waals surface area contributed by atoms with Crippen LogP contribution < -0.4 is 10.6 Å². The Morgan fingerprint density at radius 3 is 3.06 bits per heavy atom. The van der Waals surface area contributed by atoms with E-state index in [0.29, 0.717) is 5.92 Å². The maximum Gasteiger partial charge on any atom is 0.237 e. The van der Waals surface area contributed by atoms with Crippen molar-refractivity contribution in [2.45, 2.75) is 57.9 Å². The third kappa shape index (κ3) is 3.84. The van der Waals surface area contributed by atoms with Crippen LogP contribution in [0.5, 0.6) is 0 Å². The number of hydrogen-bond donors (Lipinski definition) is 2. The maximum atomic E-state index is 12.1. The molecule has 2 unspecified atom stereocenters. The summed E-state index contributed by atoms with van der Waals surface area (Å²) in [6.07, 6.45) is 10.9. The zero-order valence-electron chi connectivity index (χ0n) is 11.5. The molecule has 0 aromatic rings. The second-order valence-corrected chi connectivity index (χ2v) is 5.70. The monoisotopic (exact) mass is 250 g/mol. The Kier molecular flexibility index (Phi) is 5.24. The van der Waals surface area contributed by atoms with Crippen molar-refractivity contribution in [3.63, 3.8) is 0 Å². The van der Waals surface area contributed by atoms with Gasteiger partial charge in [0.1, 0.15) is 0 Å². The SMILES string of the molecule is CC1CCCNC1C(=O)NCCC1=CCCCC1. The van der Waals surface area contributed by atoms with E-state index in [1.165, 1.54) is 37.7 Å². The summed E-state index contributed by atoms with van der Waals surface area (Å²) in [5.41, 5.74) is 1.53. The summed E-state index contributed by atoms with van der Waals surface area (Å²) < 4.78 is 0. The Morgan fingerprint density at radius 2 is 2.33 bits per heavy atom. The van der Waals surface area contributed by atoms with Gasteiger partial charge in [0.25, 0.3) is 0 Å². The zero-order chi connectivity index (χ0) is 12.8. The van der Waals surface area contributed by atoms with E-state index in [-0.39, 0.29) is 11.9 Å². The summed E-state index contributed by atoms with van der Waals surface area (Å²) >= 11 is 0. The minimum Gasteiger partial charge on any atom is -0.354 e. The number of nitrogens with one attached hydrogen (secondary N) is 2. The first-order valence-electron chi connectivity index (χ1n) is 7.46. The molecule has 102 valence electrons. The van der Waals surface area contributed by atoms with Gasteiger partial charge in [0.15, 0.2) is 0 Å². The lowest BCUT2D eigenvalue weighted by atomic mass is 9.92. The highest BCUT2D eigenvalue weighted by atomic mass is 16.2. The molecule has 0 radical (unpaired) electrons. The van der Waals surface area contributed by atoms with Gasteiger partial charge in [-0.25, -0.2) is 0 Å². The normalized spacial score (nSPS) is 28.6. The molecule has 1 aliphatic carbocycles.